The number of pyridine rings is 2. The van der Waals surface area contributed by atoms with Crippen LogP contribution in [-0.4, -0.2) is 34.3 Å². The number of aromatic nitrogens is 3. The maximum absolute atomic E-state index is 12.7. The number of carbonyl (C=O) groups excluding carboxylic acids is 1. The standard InChI is InChI=1S/C20H16ClF3N4O4/c1-30-15-8-11(12(21)9-26-15)19-28-14-4-2-3-13(17(14)31-19)27-18(29)10-5-6-25-16(7-10)32-20(22,23)24/h5-9,13H,2-4H2,1H3,(H,27,29)/t13-/m1/s1. The van der Waals surface area contributed by atoms with E-state index in [0.717, 1.165) is 18.7 Å². The Kier molecular flexibility index (Phi) is 5.92. The molecule has 0 radical (unpaired) electrons. The lowest BCUT2D eigenvalue weighted by molar-refractivity contribution is -0.276. The molecule has 0 spiro atoms. The van der Waals surface area contributed by atoms with E-state index in [-0.39, 0.29) is 11.5 Å². The Labute approximate surface area is 184 Å². The minimum Gasteiger partial charge on any atom is -0.481 e. The van der Waals surface area contributed by atoms with Crippen molar-refractivity contribution in [2.75, 3.05) is 7.11 Å². The fourth-order valence-corrected chi connectivity index (χ4v) is 3.52. The van der Waals surface area contributed by atoms with Crippen LogP contribution in [0.2, 0.25) is 5.02 Å². The summed E-state index contributed by atoms with van der Waals surface area (Å²) in [6.07, 6.45) is -0.485. The number of carbonyl (C=O) groups is 1. The van der Waals surface area contributed by atoms with Gasteiger partial charge in [-0.25, -0.2) is 15.0 Å². The highest BCUT2D eigenvalue weighted by Crippen LogP contribution is 2.36. The van der Waals surface area contributed by atoms with Crippen LogP contribution in [0.1, 0.15) is 40.7 Å². The van der Waals surface area contributed by atoms with Crippen molar-refractivity contribution in [1.29, 1.82) is 0 Å². The summed E-state index contributed by atoms with van der Waals surface area (Å²) in [6.45, 7) is 0. The van der Waals surface area contributed by atoms with Crippen molar-refractivity contribution < 1.29 is 31.9 Å². The molecule has 0 unspecified atom stereocenters. The van der Waals surface area contributed by atoms with Crippen LogP contribution in [0, 0.1) is 0 Å². The molecule has 1 amide bonds. The molecule has 0 saturated carbocycles. The van der Waals surface area contributed by atoms with Gasteiger partial charge in [0.1, 0.15) is 5.76 Å². The number of fused-ring (bicyclic) bond motifs is 1. The zero-order valence-corrected chi connectivity index (χ0v) is 17.3. The number of hydrogen-bond donors (Lipinski definition) is 1. The van der Waals surface area contributed by atoms with Crippen molar-refractivity contribution in [3.63, 3.8) is 0 Å². The molecule has 3 heterocycles. The predicted octanol–water partition coefficient (Wildman–Crippen LogP) is 4.50. The third kappa shape index (κ3) is 4.77. The molecule has 168 valence electrons. The van der Waals surface area contributed by atoms with Crippen LogP contribution in [0.4, 0.5) is 13.2 Å². The second-order valence-corrected chi connectivity index (χ2v) is 7.29. The Morgan fingerprint density at radius 2 is 2.09 bits per heavy atom. The van der Waals surface area contributed by atoms with Gasteiger partial charge in [-0.15, -0.1) is 13.2 Å². The van der Waals surface area contributed by atoms with Gasteiger partial charge in [-0.3, -0.25) is 4.79 Å². The lowest BCUT2D eigenvalue weighted by Crippen LogP contribution is -2.30. The van der Waals surface area contributed by atoms with Gasteiger partial charge in [-0.2, -0.15) is 0 Å². The van der Waals surface area contributed by atoms with Gasteiger partial charge in [0.2, 0.25) is 17.7 Å². The van der Waals surface area contributed by atoms with E-state index < -0.39 is 24.2 Å². The summed E-state index contributed by atoms with van der Waals surface area (Å²) in [5.41, 5.74) is 1.12. The van der Waals surface area contributed by atoms with E-state index in [1.54, 1.807) is 6.07 Å². The van der Waals surface area contributed by atoms with Crippen molar-refractivity contribution in [3.8, 4) is 23.2 Å². The summed E-state index contributed by atoms with van der Waals surface area (Å²) in [7, 11) is 1.47. The molecule has 8 nitrogen and oxygen atoms in total. The van der Waals surface area contributed by atoms with E-state index in [0.29, 0.717) is 40.8 Å². The Morgan fingerprint density at radius 3 is 2.84 bits per heavy atom. The van der Waals surface area contributed by atoms with Crippen LogP contribution in [0.25, 0.3) is 11.5 Å². The van der Waals surface area contributed by atoms with Crippen LogP contribution in [0.5, 0.6) is 11.8 Å². The average molecular weight is 469 g/mol. The van der Waals surface area contributed by atoms with Crippen LogP contribution >= 0.6 is 11.6 Å². The molecule has 1 aliphatic rings. The lowest BCUT2D eigenvalue weighted by Gasteiger charge is -2.21. The van der Waals surface area contributed by atoms with E-state index in [1.807, 2.05) is 0 Å². The number of oxazole rings is 1. The van der Waals surface area contributed by atoms with Crippen molar-refractivity contribution in [2.24, 2.45) is 0 Å². The fraction of sp³-hybridized carbons (Fsp3) is 0.300. The van der Waals surface area contributed by atoms with Crippen LogP contribution in [-0.2, 0) is 6.42 Å². The Morgan fingerprint density at radius 1 is 1.28 bits per heavy atom. The number of alkyl halides is 3. The maximum Gasteiger partial charge on any atom is 0.574 e. The first-order valence-corrected chi connectivity index (χ1v) is 9.83. The molecule has 1 atom stereocenters. The number of ether oxygens (including phenoxy) is 2. The molecule has 0 fully saturated rings. The van der Waals surface area contributed by atoms with Gasteiger partial charge in [0.15, 0.2) is 0 Å². The number of nitrogens with one attached hydrogen (secondary N) is 1. The first-order chi connectivity index (χ1) is 15.2. The summed E-state index contributed by atoms with van der Waals surface area (Å²) < 4.78 is 52.1. The molecule has 32 heavy (non-hydrogen) atoms. The molecule has 3 aromatic heterocycles. The van der Waals surface area contributed by atoms with Gasteiger partial charge >= 0.3 is 6.36 Å². The van der Waals surface area contributed by atoms with E-state index in [2.05, 4.69) is 25.0 Å². The highest BCUT2D eigenvalue weighted by atomic mass is 35.5. The molecule has 1 aliphatic carbocycles. The first-order valence-electron chi connectivity index (χ1n) is 9.45. The fourth-order valence-electron chi connectivity index (χ4n) is 3.33. The van der Waals surface area contributed by atoms with Crippen molar-refractivity contribution >= 4 is 17.5 Å². The predicted molar refractivity (Wildman–Crippen MR) is 105 cm³/mol. The summed E-state index contributed by atoms with van der Waals surface area (Å²) in [5.74, 6) is -0.268. The molecule has 3 aromatic rings. The zero-order valence-electron chi connectivity index (χ0n) is 16.6. The number of methoxy groups -OCH3 is 1. The Hall–Kier alpha value is -3.34. The third-order valence-electron chi connectivity index (χ3n) is 4.74. The topological polar surface area (TPSA) is 99.4 Å². The van der Waals surface area contributed by atoms with Gasteiger partial charge in [-0.1, -0.05) is 11.6 Å². The number of aryl methyl sites for hydroxylation is 1. The highest BCUT2D eigenvalue weighted by molar-refractivity contribution is 6.33. The molecule has 0 aliphatic heterocycles. The number of hydrogen-bond acceptors (Lipinski definition) is 7. The van der Waals surface area contributed by atoms with E-state index >= 15 is 0 Å². The summed E-state index contributed by atoms with van der Waals surface area (Å²) in [4.78, 5) is 24.7. The minimum absolute atomic E-state index is 0.0342. The third-order valence-corrected chi connectivity index (χ3v) is 5.04. The van der Waals surface area contributed by atoms with Crippen molar-refractivity contribution in [3.05, 3.63) is 52.6 Å². The second kappa shape index (κ2) is 8.65. The average Bonchev–Trinajstić information content (AvgIpc) is 3.18. The normalized spacial score (nSPS) is 15.7. The monoisotopic (exact) mass is 468 g/mol. The number of rotatable bonds is 5. The minimum atomic E-state index is -4.91. The van der Waals surface area contributed by atoms with Crippen LogP contribution in [0.15, 0.2) is 35.0 Å². The number of amides is 1. The number of nitrogens with zero attached hydrogens (tertiary/aromatic N) is 3. The first kappa shape index (κ1) is 21.9. The second-order valence-electron chi connectivity index (χ2n) is 6.89. The molecule has 0 saturated heterocycles. The quantitative estimate of drug-likeness (QED) is 0.588. The molecule has 4 rings (SSSR count). The molecule has 12 heteroatoms. The van der Waals surface area contributed by atoms with E-state index in [4.69, 9.17) is 20.8 Å². The van der Waals surface area contributed by atoms with Gasteiger partial charge in [0.25, 0.3) is 5.91 Å². The molecule has 0 bridgehead atoms. The van der Waals surface area contributed by atoms with Gasteiger partial charge < -0.3 is 19.2 Å². The Bertz CT molecular complexity index is 1150. The SMILES string of the molecule is COc1cc(-c2nc3c(o2)[C@H](NC(=O)c2ccnc(OC(F)(F)F)c2)CCC3)c(Cl)cn1. The van der Waals surface area contributed by atoms with E-state index in [1.165, 1.54) is 19.4 Å². The van der Waals surface area contributed by atoms with Crippen LogP contribution in [0.3, 0.4) is 0 Å². The van der Waals surface area contributed by atoms with E-state index in [9.17, 15) is 18.0 Å². The van der Waals surface area contributed by atoms with Crippen molar-refractivity contribution in [1.82, 2.24) is 20.3 Å². The largest absolute Gasteiger partial charge is 0.574 e. The van der Waals surface area contributed by atoms with Gasteiger partial charge in [0, 0.05) is 23.9 Å². The summed E-state index contributed by atoms with van der Waals surface area (Å²) in [6, 6.07) is 3.28. The van der Waals surface area contributed by atoms with Gasteiger partial charge in [0.05, 0.1) is 35.6 Å². The zero-order chi connectivity index (χ0) is 22.9. The molecule has 1 N–H and O–H groups in total. The number of halogens is 4. The van der Waals surface area contributed by atoms with Crippen molar-refractivity contribution in [2.45, 2.75) is 31.7 Å². The summed E-state index contributed by atoms with van der Waals surface area (Å²) >= 11 is 6.23. The Balaban J connectivity index is 1.57. The smallest absolute Gasteiger partial charge is 0.481 e. The lowest BCUT2D eigenvalue weighted by atomic mass is 9.97. The van der Waals surface area contributed by atoms with Gasteiger partial charge in [-0.05, 0) is 25.3 Å². The maximum atomic E-state index is 12.7. The molecular weight excluding hydrogens is 453 g/mol. The van der Waals surface area contributed by atoms with Crippen LogP contribution < -0.4 is 14.8 Å². The molecule has 0 aromatic carbocycles. The highest BCUT2D eigenvalue weighted by Gasteiger charge is 2.32. The molecular formula is C20H16ClF3N4O4. The summed E-state index contributed by atoms with van der Waals surface area (Å²) in [5, 5.41) is 3.09.